The summed E-state index contributed by atoms with van der Waals surface area (Å²) in [6, 6.07) is 9.79. The van der Waals surface area contributed by atoms with Crippen LogP contribution >= 0.6 is 12.6 Å². The van der Waals surface area contributed by atoms with Gasteiger partial charge in [-0.25, -0.2) is 4.68 Å². The summed E-state index contributed by atoms with van der Waals surface area (Å²) in [6.45, 7) is 0. The topological polar surface area (TPSA) is 30.7 Å². The molecule has 2 aromatic rings. The van der Waals surface area contributed by atoms with Crippen LogP contribution in [0.1, 0.15) is 0 Å². The van der Waals surface area contributed by atoms with Gasteiger partial charge in [-0.15, -0.1) is 17.7 Å². The molecule has 0 N–H and O–H groups in total. The number of aromatic nitrogens is 3. The van der Waals surface area contributed by atoms with Crippen LogP contribution in [0.5, 0.6) is 0 Å². The van der Waals surface area contributed by atoms with Crippen molar-refractivity contribution < 1.29 is 22.4 Å². The van der Waals surface area contributed by atoms with Crippen molar-refractivity contribution >= 4 is 12.6 Å². The molecule has 0 aliphatic carbocycles. The maximum atomic E-state index is 4.06. The average molecular weight is 285 g/mol. The minimum absolute atomic E-state index is 0. The first-order chi connectivity index (χ1) is 5.86. The summed E-state index contributed by atoms with van der Waals surface area (Å²) in [6.07, 6.45) is 1.76. The van der Waals surface area contributed by atoms with Crippen molar-refractivity contribution in [1.29, 1.82) is 0 Å². The Morgan fingerprint density at radius 2 is 1.85 bits per heavy atom. The van der Waals surface area contributed by atoms with E-state index in [1.54, 1.807) is 10.9 Å². The molecule has 5 heteroatoms. The van der Waals surface area contributed by atoms with Crippen LogP contribution in [0.25, 0.3) is 5.69 Å². The number of nitrogens with zero attached hydrogens (tertiary/aromatic N) is 3. The molecule has 13 heavy (non-hydrogen) atoms. The number of para-hydroxylation sites is 1. The molecular weight excluding hydrogens is 278 g/mol. The maximum absolute atomic E-state index is 4.06. The third-order valence-corrected chi connectivity index (χ3v) is 1.71. The van der Waals surface area contributed by atoms with E-state index in [4.69, 9.17) is 0 Å². The van der Waals surface area contributed by atoms with Gasteiger partial charge in [0.25, 0.3) is 0 Å². The van der Waals surface area contributed by atoms with E-state index in [1.807, 2.05) is 30.3 Å². The van der Waals surface area contributed by atoms with Crippen LogP contribution in [0.2, 0.25) is 0 Å². The van der Waals surface area contributed by atoms with Crippen molar-refractivity contribution in [2.75, 3.05) is 0 Å². The molecule has 0 fully saturated rings. The van der Waals surface area contributed by atoms with Gasteiger partial charge in [-0.1, -0.05) is 23.4 Å². The number of hydrogen-bond donors (Lipinski definition) is 1. The molecule has 0 saturated heterocycles. The van der Waals surface area contributed by atoms with Crippen molar-refractivity contribution in [2.45, 2.75) is 5.03 Å². The standard InChI is InChI=1S/C8H7N3S.Ag/c12-8-6-11(10-9-8)7-4-2-1-3-5-7;/h1-6,12H;. The van der Waals surface area contributed by atoms with Crippen molar-refractivity contribution in [1.82, 2.24) is 15.0 Å². The molecule has 1 heterocycles. The first-order valence-electron chi connectivity index (χ1n) is 3.53. The molecule has 0 spiro atoms. The van der Waals surface area contributed by atoms with Crippen LogP contribution < -0.4 is 0 Å². The van der Waals surface area contributed by atoms with Gasteiger partial charge in [-0.3, -0.25) is 0 Å². The summed E-state index contributed by atoms with van der Waals surface area (Å²) in [5, 5.41) is 8.27. The van der Waals surface area contributed by atoms with Crippen LogP contribution in [-0.2, 0) is 22.4 Å². The van der Waals surface area contributed by atoms with Crippen LogP contribution in [-0.4, -0.2) is 15.0 Å². The zero-order chi connectivity index (χ0) is 8.39. The second-order valence-electron chi connectivity index (χ2n) is 2.36. The summed E-state index contributed by atoms with van der Waals surface area (Å²) in [5.41, 5.74) is 0.991. The summed E-state index contributed by atoms with van der Waals surface area (Å²) < 4.78 is 1.68. The van der Waals surface area contributed by atoms with E-state index in [1.165, 1.54) is 0 Å². The Balaban J connectivity index is 0.000000845. The molecular formula is C8H7AgN3S. The Labute approximate surface area is 97.1 Å². The predicted molar refractivity (Wildman–Crippen MR) is 48.6 cm³/mol. The van der Waals surface area contributed by atoms with Gasteiger partial charge >= 0.3 is 0 Å². The van der Waals surface area contributed by atoms with E-state index < -0.39 is 0 Å². The summed E-state index contributed by atoms with van der Waals surface area (Å²) in [7, 11) is 0. The van der Waals surface area contributed by atoms with Gasteiger partial charge < -0.3 is 0 Å². The van der Waals surface area contributed by atoms with Crippen molar-refractivity contribution in [2.24, 2.45) is 0 Å². The van der Waals surface area contributed by atoms with Gasteiger partial charge in [0.1, 0.15) is 5.03 Å². The summed E-state index contributed by atoms with van der Waals surface area (Å²) >= 11 is 4.06. The second-order valence-corrected chi connectivity index (χ2v) is 2.82. The zero-order valence-electron chi connectivity index (χ0n) is 6.55. The molecule has 71 valence electrons. The number of rotatable bonds is 1. The third kappa shape index (κ3) is 2.45. The first-order valence-corrected chi connectivity index (χ1v) is 3.98. The second kappa shape index (κ2) is 4.62. The predicted octanol–water partition coefficient (Wildman–Crippen LogP) is 1.55. The summed E-state index contributed by atoms with van der Waals surface area (Å²) in [4.78, 5) is 0. The minimum atomic E-state index is 0. The molecule has 1 radical (unpaired) electrons. The normalized spacial score (nSPS) is 9.31. The van der Waals surface area contributed by atoms with Gasteiger partial charge in [0.05, 0.1) is 11.9 Å². The van der Waals surface area contributed by atoms with Gasteiger partial charge in [0, 0.05) is 22.4 Å². The Bertz CT molecular complexity index is 374. The van der Waals surface area contributed by atoms with Crippen LogP contribution in [0.4, 0.5) is 0 Å². The molecule has 3 nitrogen and oxygen atoms in total. The Kier molecular flexibility index (Phi) is 3.74. The molecule has 1 aromatic heterocycles. The monoisotopic (exact) mass is 284 g/mol. The van der Waals surface area contributed by atoms with Gasteiger partial charge in [0.2, 0.25) is 0 Å². The van der Waals surface area contributed by atoms with Crippen molar-refractivity contribution in [3.63, 3.8) is 0 Å². The van der Waals surface area contributed by atoms with Crippen molar-refractivity contribution in [3.05, 3.63) is 36.5 Å². The Hall–Kier alpha value is -0.550. The number of thiol groups is 1. The average Bonchev–Trinajstić information content (AvgIpc) is 2.54. The molecule has 0 unspecified atom stereocenters. The maximum Gasteiger partial charge on any atom is 0.136 e. The van der Waals surface area contributed by atoms with Crippen LogP contribution in [0.3, 0.4) is 0 Å². The van der Waals surface area contributed by atoms with E-state index in [-0.39, 0.29) is 22.4 Å². The fraction of sp³-hybridized carbons (Fsp3) is 0. The molecule has 0 saturated carbocycles. The van der Waals surface area contributed by atoms with Crippen molar-refractivity contribution in [3.8, 4) is 5.69 Å². The molecule has 0 atom stereocenters. The fourth-order valence-electron chi connectivity index (χ4n) is 0.962. The van der Waals surface area contributed by atoms with E-state index in [0.717, 1.165) is 5.69 Å². The minimum Gasteiger partial charge on any atom is -0.220 e. The quantitative estimate of drug-likeness (QED) is 0.636. The molecule has 0 aliphatic rings. The summed E-state index contributed by atoms with van der Waals surface area (Å²) in [5.74, 6) is 0. The van der Waals surface area contributed by atoms with Crippen LogP contribution in [0, 0.1) is 0 Å². The molecule has 0 bridgehead atoms. The van der Waals surface area contributed by atoms with Gasteiger partial charge in [-0.2, -0.15) is 0 Å². The molecule has 0 aliphatic heterocycles. The third-order valence-electron chi connectivity index (χ3n) is 1.50. The molecule has 1 aromatic carbocycles. The largest absolute Gasteiger partial charge is 0.220 e. The van der Waals surface area contributed by atoms with E-state index >= 15 is 0 Å². The molecule has 2 rings (SSSR count). The number of benzene rings is 1. The Morgan fingerprint density at radius 3 is 2.38 bits per heavy atom. The Morgan fingerprint density at radius 1 is 1.15 bits per heavy atom. The smallest absolute Gasteiger partial charge is 0.136 e. The number of hydrogen-bond acceptors (Lipinski definition) is 3. The molecule has 0 amide bonds. The van der Waals surface area contributed by atoms with E-state index in [2.05, 4.69) is 22.9 Å². The van der Waals surface area contributed by atoms with E-state index in [9.17, 15) is 0 Å². The van der Waals surface area contributed by atoms with Gasteiger partial charge in [-0.05, 0) is 12.1 Å². The SMILES string of the molecule is Sc1cn(-c2ccccc2)nn1.[Ag]. The van der Waals surface area contributed by atoms with Gasteiger partial charge in [0.15, 0.2) is 0 Å². The fourth-order valence-corrected chi connectivity index (χ4v) is 1.11. The first kappa shape index (κ1) is 10.5. The zero-order valence-corrected chi connectivity index (χ0v) is 8.93. The van der Waals surface area contributed by atoms with E-state index in [0.29, 0.717) is 5.03 Å². The van der Waals surface area contributed by atoms with Crippen LogP contribution in [0.15, 0.2) is 41.6 Å².